The van der Waals surface area contributed by atoms with Gasteiger partial charge in [-0.1, -0.05) is 26.1 Å². The van der Waals surface area contributed by atoms with Crippen LogP contribution in [0.2, 0.25) is 0 Å². The van der Waals surface area contributed by atoms with E-state index in [1.807, 2.05) is 0 Å². The zero-order valence-corrected chi connectivity index (χ0v) is 13.2. The molecule has 2 atom stereocenters. The van der Waals surface area contributed by atoms with Crippen LogP contribution in [-0.2, 0) is 10.0 Å². The predicted molar refractivity (Wildman–Crippen MR) is 81.8 cm³/mol. The van der Waals surface area contributed by atoms with Gasteiger partial charge in [-0.05, 0) is 30.4 Å². The molecule has 110 valence electrons. The second-order valence-corrected chi connectivity index (χ2v) is 7.83. The largest absolute Gasteiger partial charge is 0.388 e. The number of hydrogen-bond donors (Lipinski definition) is 1. The topological polar surface area (TPSA) is 76.3 Å². The number of aromatic nitrogens is 1. The van der Waals surface area contributed by atoms with Crippen molar-refractivity contribution >= 4 is 27.2 Å². The van der Waals surface area contributed by atoms with E-state index in [-0.39, 0.29) is 15.6 Å². The molecule has 2 heterocycles. The number of nitrogens with two attached hydrogens (primary N) is 1. The van der Waals surface area contributed by atoms with Gasteiger partial charge in [-0.2, -0.15) is 4.31 Å². The molecule has 1 aromatic rings. The van der Waals surface area contributed by atoms with Gasteiger partial charge in [0, 0.05) is 19.3 Å². The average Bonchev–Trinajstić information content (AvgIpc) is 2.37. The molecule has 1 aliphatic heterocycles. The lowest BCUT2D eigenvalue weighted by atomic mass is 9.94. The first-order chi connectivity index (χ1) is 9.32. The third-order valence-corrected chi connectivity index (χ3v) is 5.51. The van der Waals surface area contributed by atoms with Crippen LogP contribution in [0.5, 0.6) is 0 Å². The first-order valence-corrected chi connectivity index (χ1v) is 8.42. The van der Waals surface area contributed by atoms with Crippen molar-refractivity contribution in [3.05, 3.63) is 24.0 Å². The van der Waals surface area contributed by atoms with E-state index in [4.69, 9.17) is 18.0 Å². The fourth-order valence-electron chi connectivity index (χ4n) is 2.72. The maximum atomic E-state index is 12.8. The van der Waals surface area contributed by atoms with Crippen LogP contribution in [0, 0.1) is 11.8 Å². The quantitative estimate of drug-likeness (QED) is 0.853. The van der Waals surface area contributed by atoms with Gasteiger partial charge >= 0.3 is 0 Å². The molecular weight excluding hydrogens is 294 g/mol. The molecule has 1 aromatic heterocycles. The van der Waals surface area contributed by atoms with Crippen LogP contribution in [0.15, 0.2) is 23.2 Å². The molecule has 2 N–H and O–H groups in total. The molecule has 20 heavy (non-hydrogen) atoms. The molecule has 1 saturated heterocycles. The van der Waals surface area contributed by atoms with Gasteiger partial charge in [-0.15, -0.1) is 0 Å². The first-order valence-electron chi connectivity index (χ1n) is 6.57. The molecule has 1 aliphatic rings. The molecule has 1 fully saturated rings. The zero-order valence-electron chi connectivity index (χ0n) is 11.6. The highest BCUT2D eigenvalue weighted by molar-refractivity contribution is 7.89. The Morgan fingerprint density at radius 2 is 2.00 bits per heavy atom. The summed E-state index contributed by atoms with van der Waals surface area (Å²) in [6, 6.07) is 3.10. The molecule has 0 amide bonds. The van der Waals surface area contributed by atoms with Gasteiger partial charge in [0.05, 0.1) is 0 Å². The standard InChI is InChI=1S/C13H19N3O2S2/c1-9-6-10(2)8-16(7-9)20(17,18)11-4-3-5-15-12(11)13(14)19/h3-5,9-10H,6-8H2,1-2H3,(H2,14,19). The summed E-state index contributed by atoms with van der Waals surface area (Å²) in [7, 11) is -3.60. The number of thiocarbonyl (C=S) groups is 1. The summed E-state index contributed by atoms with van der Waals surface area (Å²) in [6.45, 7) is 5.18. The van der Waals surface area contributed by atoms with Gasteiger partial charge < -0.3 is 5.73 Å². The minimum absolute atomic E-state index is 0.00211. The minimum Gasteiger partial charge on any atom is -0.388 e. The summed E-state index contributed by atoms with van der Waals surface area (Å²) >= 11 is 4.90. The zero-order chi connectivity index (χ0) is 14.9. The fourth-order valence-corrected chi connectivity index (χ4v) is 4.79. The van der Waals surface area contributed by atoms with Crippen molar-refractivity contribution in [2.24, 2.45) is 17.6 Å². The van der Waals surface area contributed by atoms with E-state index in [9.17, 15) is 8.42 Å². The van der Waals surface area contributed by atoms with Crippen LogP contribution in [0.25, 0.3) is 0 Å². The Bertz CT molecular complexity index is 606. The fraction of sp³-hybridized carbons (Fsp3) is 0.538. The number of hydrogen-bond acceptors (Lipinski definition) is 4. The molecule has 7 heteroatoms. The molecule has 0 aliphatic carbocycles. The molecule has 0 aromatic carbocycles. The molecule has 0 radical (unpaired) electrons. The van der Waals surface area contributed by atoms with Gasteiger partial charge in [0.25, 0.3) is 0 Å². The van der Waals surface area contributed by atoms with E-state index in [0.29, 0.717) is 24.9 Å². The number of pyridine rings is 1. The third-order valence-electron chi connectivity index (χ3n) is 3.46. The first kappa shape index (κ1) is 15.3. The predicted octanol–water partition coefficient (Wildman–Crippen LogP) is 1.38. The molecule has 2 unspecified atom stereocenters. The Labute approximate surface area is 125 Å². The van der Waals surface area contributed by atoms with Gasteiger partial charge in [0.15, 0.2) is 0 Å². The molecule has 0 saturated carbocycles. The normalized spacial score (nSPS) is 24.5. The Balaban J connectivity index is 2.43. The SMILES string of the molecule is CC1CC(C)CN(S(=O)(=O)c2cccnc2C(N)=S)C1. The van der Waals surface area contributed by atoms with E-state index in [0.717, 1.165) is 6.42 Å². The molecule has 2 rings (SSSR count). The van der Waals surface area contributed by atoms with Gasteiger partial charge in [-0.3, -0.25) is 4.98 Å². The summed E-state index contributed by atoms with van der Waals surface area (Å²) in [6.07, 6.45) is 2.54. The van der Waals surface area contributed by atoms with Crippen LogP contribution in [0.4, 0.5) is 0 Å². The van der Waals surface area contributed by atoms with E-state index >= 15 is 0 Å². The van der Waals surface area contributed by atoms with E-state index in [2.05, 4.69) is 18.8 Å². The van der Waals surface area contributed by atoms with Crippen molar-refractivity contribution in [2.75, 3.05) is 13.1 Å². The lowest BCUT2D eigenvalue weighted by Crippen LogP contribution is -2.43. The number of nitrogens with zero attached hydrogens (tertiary/aromatic N) is 2. The maximum absolute atomic E-state index is 12.8. The lowest BCUT2D eigenvalue weighted by Gasteiger charge is -2.34. The molecule has 5 nitrogen and oxygen atoms in total. The van der Waals surface area contributed by atoms with Crippen molar-refractivity contribution in [3.8, 4) is 0 Å². The average molecular weight is 313 g/mol. The van der Waals surface area contributed by atoms with Crippen molar-refractivity contribution in [1.82, 2.24) is 9.29 Å². The summed E-state index contributed by atoms with van der Waals surface area (Å²) < 4.78 is 27.1. The summed E-state index contributed by atoms with van der Waals surface area (Å²) in [5.41, 5.74) is 5.76. The highest BCUT2D eigenvalue weighted by Gasteiger charge is 2.33. The monoisotopic (exact) mass is 313 g/mol. The van der Waals surface area contributed by atoms with Crippen molar-refractivity contribution < 1.29 is 8.42 Å². The van der Waals surface area contributed by atoms with Crippen molar-refractivity contribution in [1.29, 1.82) is 0 Å². The van der Waals surface area contributed by atoms with Crippen LogP contribution < -0.4 is 5.73 Å². The third kappa shape index (κ3) is 2.99. The Kier molecular flexibility index (Phi) is 4.41. The van der Waals surface area contributed by atoms with E-state index in [1.54, 1.807) is 6.07 Å². The van der Waals surface area contributed by atoms with Crippen LogP contribution in [0.3, 0.4) is 0 Å². The van der Waals surface area contributed by atoms with Gasteiger partial charge in [0.2, 0.25) is 10.0 Å². The van der Waals surface area contributed by atoms with E-state index in [1.165, 1.54) is 16.6 Å². The van der Waals surface area contributed by atoms with E-state index < -0.39 is 10.0 Å². The smallest absolute Gasteiger partial charge is 0.245 e. The summed E-state index contributed by atoms with van der Waals surface area (Å²) in [5, 5.41) is 0. The number of piperidine rings is 1. The highest BCUT2D eigenvalue weighted by Crippen LogP contribution is 2.27. The van der Waals surface area contributed by atoms with Gasteiger partial charge in [0.1, 0.15) is 15.6 Å². The lowest BCUT2D eigenvalue weighted by molar-refractivity contribution is 0.222. The van der Waals surface area contributed by atoms with Gasteiger partial charge in [-0.25, -0.2) is 8.42 Å². The summed E-state index contributed by atoms with van der Waals surface area (Å²) in [5.74, 6) is 0.692. The minimum atomic E-state index is -3.60. The Morgan fingerprint density at radius 1 is 1.40 bits per heavy atom. The van der Waals surface area contributed by atoms with Crippen LogP contribution in [-0.4, -0.2) is 35.8 Å². The number of sulfonamides is 1. The molecule has 0 bridgehead atoms. The van der Waals surface area contributed by atoms with Crippen LogP contribution in [0.1, 0.15) is 26.0 Å². The second kappa shape index (κ2) is 5.75. The number of rotatable bonds is 3. The molecular formula is C13H19N3O2S2. The highest BCUT2D eigenvalue weighted by atomic mass is 32.2. The van der Waals surface area contributed by atoms with Crippen molar-refractivity contribution in [3.63, 3.8) is 0 Å². The van der Waals surface area contributed by atoms with Crippen LogP contribution >= 0.6 is 12.2 Å². The molecule has 0 spiro atoms. The summed E-state index contributed by atoms with van der Waals surface area (Å²) in [4.78, 5) is 4.11. The Morgan fingerprint density at radius 3 is 2.55 bits per heavy atom. The van der Waals surface area contributed by atoms with Crippen molar-refractivity contribution in [2.45, 2.75) is 25.2 Å². The maximum Gasteiger partial charge on any atom is 0.245 e. The second-order valence-electron chi connectivity index (χ2n) is 5.48. The Hall–Kier alpha value is -1.05.